The van der Waals surface area contributed by atoms with Crippen LogP contribution in [0.2, 0.25) is 0 Å². The standard InChI is InChI=1S/C15H14O6/c16-11-4-1-10(2-5-11)3-6-12(17)7-13(18)8-14(19)9-15(20)21/h1-6,16H,7-9H2,(H,20,21)/b6-3+. The highest BCUT2D eigenvalue weighted by Crippen LogP contribution is 2.11. The molecule has 1 rings (SSSR count). The Bertz CT molecular complexity index is 583. The summed E-state index contributed by atoms with van der Waals surface area (Å²) in [5.41, 5.74) is 0.676. The van der Waals surface area contributed by atoms with Crippen molar-refractivity contribution in [2.24, 2.45) is 0 Å². The molecule has 0 unspecified atom stereocenters. The van der Waals surface area contributed by atoms with Crippen molar-refractivity contribution in [3.8, 4) is 5.75 Å². The quantitative estimate of drug-likeness (QED) is 0.553. The molecule has 0 fully saturated rings. The summed E-state index contributed by atoms with van der Waals surface area (Å²) in [6, 6.07) is 6.11. The van der Waals surface area contributed by atoms with Crippen molar-refractivity contribution in [2.75, 3.05) is 0 Å². The van der Waals surface area contributed by atoms with Gasteiger partial charge in [0.25, 0.3) is 0 Å². The van der Waals surface area contributed by atoms with Crippen LogP contribution >= 0.6 is 0 Å². The zero-order valence-electron chi connectivity index (χ0n) is 11.1. The normalized spacial score (nSPS) is 10.5. The molecule has 110 valence electrons. The smallest absolute Gasteiger partial charge is 0.310 e. The van der Waals surface area contributed by atoms with Crippen LogP contribution in [0.5, 0.6) is 5.75 Å². The van der Waals surface area contributed by atoms with E-state index in [1.807, 2.05) is 0 Å². The maximum Gasteiger partial charge on any atom is 0.310 e. The van der Waals surface area contributed by atoms with Crippen molar-refractivity contribution in [2.45, 2.75) is 19.3 Å². The summed E-state index contributed by atoms with van der Waals surface area (Å²) in [5, 5.41) is 17.5. The topological polar surface area (TPSA) is 109 Å². The summed E-state index contributed by atoms with van der Waals surface area (Å²) < 4.78 is 0. The molecule has 0 heterocycles. The zero-order valence-corrected chi connectivity index (χ0v) is 11.1. The molecule has 0 atom stereocenters. The number of aliphatic carboxylic acids is 1. The van der Waals surface area contributed by atoms with Gasteiger partial charge in [0.05, 0.1) is 12.8 Å². The number of carboxylic acids is 1. The van der Waals surface area contributed by atoms with E-state index in [-0.39, 0.29) is 5.75 Å². The molecule has 0 saturated carbocycles. The predicted octanol–water partition coefficient (Wildman–Crippen LogP) is 1.37. The van der Waals surface area contributed by atoms with Gasteiger partial charge in [0.1, 0.15) is 18.0 Å². The van der Waals surface area contributed by atoms with E-state index in [1.165, 1.54) is 24.3 Å². The fraction of sp³-hybridized carbons (Fsp3) is 0.200. The third-order valence-corrected chi connectivity index (χ3v) is 2.47. The number of benzene rings is 1. The Labute approximate surface area is 120 Å². The molecule has 0 aliphatic rings. The number of aromatic hydroxyl groups is 1. The highest BCUT2D eigenvalue weighted by Gasteiger charge is 2.14. The van der Waals surface area contributed by atoms with Gasteiger partial charge < -0.3 is 10.2 Å². The summed E-state index contributed by atoms with van der Waals surface area (Å²) in [6.07, 6.45) is 0.967. The number of hydrogen-bond donors (Lipinski definition) is 2. The molecule has 1 aromatic rings. The van der Waals surface area contributed by atoms with Gasteiger partial charge in [-0.05, 0) is 23.8 Å². The molecule has 0 spiro atoms. The summed E-state index contributed by atoms with van der Waals surface area (Å²) >= 11 is 0. The molecule has 21 heavy (non-hydrogen) atoms. The van der Waals surface area contributed by atoms with Crippen LogP contribution in [-0.4, -0.2) is 33.5 Å². The lowest BCUT2D eigenvalue weighted by atomic mass is 10.1. The average molecular weight is 290 g/mol. The first-order valence-electron chi connectivity index (χ1n) is 6.12. The molecule has 1 aromatic carbocycles. The first-order valence-corrected chi connectivity index (χ1v) is 6.12. The number of rotatable bonds is 8. The van der Waals surface area contributed by atoms with E-state index in [0.717, 1.165) is 0 Å². The van der Waals surface area contributed by atoms with E-state index in [1.54, 1.807) is 12.1 Å². The maximum atomic E-state index is 11.5. The molecule has 0 radical (unpaired) electrons. The van der Waals surface area contributed by atoms with Crippen LogP contribution in [0.4, 0.5) is 0 Å². The molecule has 0 saturated heterocycles. The summed E-state index contributed by atoms with van der Waals surface area (Å²) in [5.74, 6) is -3.00. The molecule has 2 N–H and O–H groups in total. The lowest BCUT2D eigenvalue weighted by molar-refractivity contribution is -0.140. The predicted molar refractivity (Wildman–Crippen MR) is 73.6 cm³/mol. The SMILES string of the molecule is O=C(O)CC(=O)CC(=O)CC(=O)/C=C/c1ccc(O)cc1. The lowest BCUT2D eigenvalue weighted by Crippen LogP contribution is -2.14. The minimum absolute atomic E-state index is 0.102. The molecule has 0 aliphatic heterocycles. The van der Waals surface area contributed by atoms with Gasteiger partial charge in [0.15, 0.2) is 11.6 Å². The number of phenolic OH excluding ortho intramolecular Hbond substituents is 1. The molecular weight excluding hydrogens is 276 g/mol. The summed E-state index contributed by atoms with van der Waals surface area (Å²) in [4.78, 5) is 44.3. The van der Waals surface area contributed by atoms with Crippen LogP contribution in [0.25, 0.3) is 6.08 Å². The molecule has 0 amide bonds. The highest BCUT2D eigenvalue weighted by molar-refractivity contribution is 6.12. The molecule has 6 nitrogen and oxygen atoms in total. The van der Waals surface area contributed by atoms with Gasteiger partial charge in [-0.1, -0.05) is 18.2 Å². The molecular formula is C15H14O6. The van der Waals surface area contributed by atoms with Gasteiger partial charge in [0.2, 0.25) is 0 Å². The van der Waals surface area contributed by atoms with Crippen LogP contribution in [0.15, 0.2) is 30.3 Å². The van der Waals surface area contributed by atoms with Crippen molar-refractivity contribution < 1.29 is 29.4 Å². The Morgan fingerprint density at radius 3 is 2.05 bits per heavy atom. The number of carbonyl (C=O) groups is 4. The Balaban J connectivity index is 2.46. The number of Topliss-reactive ketones (excluding diaryl/α,β-unsaturated/α-hetero) is 2. The Morgan fingerprint density at radius 1 is 0.905 bits per heavy atom. The Kier molecular flexibility index (Phi) is 6.00. The van der Waals surface area contributed by atoms with E-state index >= 15 is 0 Å². The van der Waals surface area contributed by atoms with Gasteiger partial charge in [-0.15, -0.1) is 0 Å². The monoisotopic (exact) mass is 290 g/mol. The second-order valence-electron chi connectivity index (χ2n) is 4.39. The second kappa shape index (κ2) is 7.74. The largest absolute Gasteiger partial charge is 0.508 e. The number of carboxylic acid groups (broad SMARTS) is 1. The van der Waals surface area contributed by atoms with E-state index in [4.69, 9.17) is 10.2 Å². The average Bonchev–Trinajstić information content (AvgIpc) is 2.36. The van der Waals surface area contributed by atoms with E-state index in [2.05, 4.69) is 0 Å². The van der Waals surface area contributed by atoms with Crippen molar-refractivity contribution in [1.29, 1.82) is 0 Å². The zero-order chi connectivity index (χ0) is 15.8. The fourth-order valence-corrected chi connectivity index (χ4v) is 1.54. The molecule has 0 aromatic heterocycles. The van der Waals surface area contributed by atoms with Crippen molar-refractivity contribution in [3.63, 3.8) is 0 Å². The van der Waals surface area contributed by atoms with Gasteiger partial charge in [-0.25, -0.2) is 0 Å². The Hall–Kier alpha value is -2.76. The van der Waals surface area contributed by atoms with Crippen molar-refractivity contribution in [3.05, 3.63) is 35.9 Å². The van der Waals surface area contributed by atoms with Gasteiger partial charge in [-0.3, -0.25) is 19.2 Å². The van der Waals surface area contributed by atoms with Crippen LogP contribution in [0, 0.1) is 0 Å². The first kappa shape index (κ1) is 16.3. The van der Waals surface area contributed by atoms with Crippen LogP contribution in [0.3, 0.4) is 0 Å². The van der Waals surface area contributed by atoms with E-state index < -0.39 is 42.6 Å². The minimum atomic E-state index is -1.30. The summed E-state index contributed by atoms with van der Waals surface area (Å²) in [6.45, 7) is 0. The lowest BCUT2D eigenvalue weighted by Gasteiger charge is -1.97. The number of allylic oxidation sites excluding steroid dienone is 1. The van der Waals surface area contributed by atoms with Crippen molar-refractivity contribution >= 4 is 29.4 Å². The second-order valence-corrected chi connectivity index (χ2v) is 4.39. The van der Waals surface area contributed by atoms with Crippen LogP contribution < -0.4 is 0 Å². The number of phenols is 1. The van der Waals surface area contributed by atoms with Gasteiger partial charge in [0, 0.05) is 0 Å². The highest BCUT2D eigenvalue weighted by atomic mass is 16.4. The number of hydrogen-bond acceptors (Lipinski definition) is 5. The number of carbonyl (C=O) groups excluding carboxylic acids is 3. The first-order chi connectivity index (χ1) is 9.86. The van der Waals surface area contributed by atoms with Crippen molar-refractivity contribution in [1.82, 2.24) is 0 Å². The molecule has 6 heteroatoms. The van der Waals surface area contributed by atoms with E-state index in [0.29, 0.717) is 5.56 Å². The molecule has 0 aliphatic carbocycles. The maximum absolute atomic E-state index is 11.5. The van der Waals surface area contributed by atoms with Gasteiger partial charge in [-0.2, -0.15) is 0 Å². The van der Waals surface area contributed by atoms with Crippen LogP contribution in [-0.2, 0) is 19.2 Å². The number of ketones is 3. The third-order valence-electron chi connectivity index (χ3n) is 2.47. The molecule has 0 bridgehead atoms. The minimum Gasteiger partial charge on any atom is -0.508 e. The van der Waals surface area contributed by atoms with Crippen LogP contribution in [0.1, 0.15) is 24.8 Å². The van der Waals surface area contributed by atoms with E-state index in [9.17, 15) is 19.2 Å². The third kappa shape index (κ3) is 6.81. The van der Waals surface area contributed by atoms with Gasteiger partial charge >= 0.3 is 5.97 Å². The summed E-state index contributed by atoms with van der Waals surface area (Å²) in [7, 11) is 0. The Morgan fingerprint density at radius 2 is 1.48 bits per heavy atom. The fourth-order valence-electron chi connectivity index (χ4n) is 1.54.